The average molecular weight is 454 g/mol. The van der Waals surface area contributed by atoms with Gasteiger partial charge in [0.05, 0.1) is 7.11 Å². The summed E-state index contributed by atoms with van der Waals surface area (Å²) in [5, 5.41) is 9.58. The van der Waals surface area contributed by atoms with Crippen LogP contribution in [0, 0.1) is 0 Å². The van der Waals surface area contributed by atoms with Crippen LogP contribution in [-0.4, -0.2) is 53.6 Å². The van der Waals surface area contributed by atoms with Crippen molar-refractivity contribution in [1.29, 1.82) is 0 Å². The number of nitrogens with one attached hydrogen (secondary N) is 3. The van der Waals surface area contributed by atoms with E-state index in [1.807, 2.05) is 24.3 Å². The number of carbonyl (C=O) groups is 1. The fourth-order valence-electron chi connectivity index (χ4n) is 4.29. The zero-order valence-corrected chi connectivity index (χ0v) is 19.5. The molecule has 1 aromatic heterocycles. The van der Waals surface area contributed by atoms with Crippen LogP contribution in [0.1, 0.15) is 56.9 Å². The molecule has 1 unspecified atom stereocenters. The van der Waals surface area contributed by atoms with E-state index in [4.69, 9.17) is 14.7 Å². The van der Waals surface area contributed by atoms with Gasteiger partial charge < -0.3 is 25.6 Å². The first kappa shape index (κ1) is 23.1. The Morgan fingerprint density at radius 3 is 2.64 bits per heavy atom. The van der Waals surface area contributed by atoms with Gasteiger partial charge in [0.25, 0.3) is 0 Å². The van der Waals surface area contributed by atoms with Crippen LogP contribution in [0.25, 0.3) is 0 Å². The Hall–Kier alpha value is -3.10. The second-order valence-electron chi connectivity index (χ2n) is 8.73. The van der Waals surface area contributed by atoms with Crippen LogP contribution in [0.15, 0.2) is 24.3 Å². The fraction of sp³-hybridized carbons (Fsp3) is 0.583. The first-order valence-electron chi connectivity index (χ1n) is 12.1. The van der Waals surface area contributed by atoms with Gasteiger partial charge in [-0.2, -0.15) is 15.0 Å². The summed E-state index contributed by atoms with van der Waals surface area (Å²) in [5.41, 5.74) is 1.07. The average Bonchev–Trinajstić information content (AvgIpc) is 3.01. The summed E-state index contributed by atoms with van der Waals surface area (Å²) in [7, 11) is 1.66. The Labute approximate surface area is 195 Å². The van der Waals surface area contributed by atoms with E-state index in [-0.39, 0.29) is 11.9 Å². The van der Waals surface area contributed by atoms with Gasteiger partial charge in [0.15, 0.2) is 0 Å². The molecule has 0 saturated carbocycles. The molecule has 1 atom stereocenters. The molecule has 4 rings (SSSR count). The van der Waals surface area contributed by atoms with Crippen molar-refractivity contribution in [3.63, 3.8) is 0 Å². The number of benzene rings is 1. The van der Waals surface area contributed by atoms with Gasteiger partial charge in [0.1, 0.15) is 11.8 Å². The zero-order chi connectivity index (χ0) is 22.9. The van der Waals surface area contributed by atoms with Crippen molar-refractivity contribution < 1.29 is 9.53 Å². The minimum Gasteiger partial charge on any atom is -0.497 e. The molecule has 1 amide bonds. The van der Waals surface area contributed by atoms with Crippen molar-refractivity contribution in [3.8, 4) is 5.75 Å². The molecule has 2 fully saturated rings. The summed E-state index contributed by atoms with van der Waals surface area (Å²) in [6, 6.07) is 7.58. The Kier molecular flexibility index (Phi) is 8.16. The minimum absolute atomic E-state index is 0.00612. The molecule has 2 aliphatic heterocycles. The highest BCUT2D eigenvalue weighted by Crippen LogP contribution is 2.20. The molecule has 2 saturated heterocycles. The maximum atomic E-state index is 12.5. The third kappa shape index (κ3) is 6.69. The normalized spacial score (nSPS) is 19.6. The van der Waals surface area contributed by atoms with Crippen molar-refractivity contribution in [2.75, 3.05) is 42.3 Å². The number of rotatable bonds is 7. The number of nitrogens with zero attached hydrogens (tertiary/aromatic N) is 4. The number of ether oxygens (including phenoxy) is 1. The van der Waals surface area contributed by atoms with E-state index in [1.165, 1.54) is 19.3 Å². The first-order valence-corrected chi connectivity index (χ1v) is 12.1. The molecule has 3 heterocycles. The number of amides is 1. The van der Waals surface area contributed by atoms with E-state index in [0.29, 0.717) is 24.4 Å². The Morgan fingerprint density at radius 1 is 1.03 bits per heavy atom. The summed E-state index contributed by atoms with van der Waals surface area (Å²) in [6.07, 6.45) is 8.77. The van der Waals surface area contributed by atoms with Gasteiger partial charge in [-0.3, -0.25) is 4.79 Å². The van der Waals surface area contributed by atoms with Crippen molar-refractivity contribution >= 4 is 23.8 Å². The summed E-state index contributed by atoms with van der Waals surface area (Å²) in [5.74, 6) is 2.43. The minimum atomic E-state index is -0.332. The maximum Gasteiger partial charge on any atom is 0.242 e. The van der Waals surface area contributed by atoms with Crippen molar-refractivity contribution in [2.24, 2.45) is 0 Å². The molecule has 0 bridgehead atoms. The second kappa shape index (κ2) is 11.7. The molecule has 1 aromatic carbocycles. The van der Waals surface area contributed by atoms with Crippen molar-refractivity contribution in [1.82, 2.24) is 20.3 Å². The number of carbonyl (C=O) groups excluding carboxylic acids is 1. The SMILES string of the molecule is COc1cccc(CNc2nc(NC3CCCCNC3=O)nc(N3CCCCCCC3)n2)c1. The number of methoxy groups -OCH3 is 1. The highest BCUT2D eigenvalue weighted by Gasteiger charge is 2.23. The van der Waals surface area contributed by atoms with Crippen molar-refractivity contribution in [3.05, 3.63) is 29.8 Å². The number of anilines is 3. The quantitative estimate of drug-likeness (QED) is 0.586. The van der Waals surface area contributed by atoms with Gasteiger partial charge in [-0.25, -0.2) is 0 Å². The van der Waals surface area contributed by atoms with Gasteiger partial charge in [-0.15, -0.1) is 0 Å². The molecule has 3 N–H and O–H groups in total. The van der Waals surface area contributed by atoms with E-state index < -0.39 is 0 Å². The van der Waals surface area contributed by atoms with Gasteiger partial charge in [0.2, 0.25) is 23.8 Å². The topological polar surface area (TPSA) is 104 Å². The van der Waals surface area contributed by atoms with Gasteiger partial charge in [0, 0.05) is 26.2 Å². The molecule has 9 heteroatoms. The lowest BCUT2D eigenvalue weighted by Gasteiger charge is -2.25. The van der Waals surface area contributed by atoms with Crippen LogP contribution in [-0.2, 0) is 11.3 Å². The van der Waals surface area contributed by atoms with Gasteiger partial charge in [-0.1, -0.05) is 31.4 Å². The summed E-state index contributed by atoms with van der Waals surface area (Å²) in [4.78, 5) is 28.8. The number of aromatic nitrogens is 3. The lowest BCUT2D eigenvalue weighted by Crippen LogP contribution is -2.38. The van der Waals surface area contributed by atoms with Crippen LogP contribution in [0.2, 0.25) is 0 Å². The Balaban J connectivity index is 1.55. The summed E-state index contributed by atoms with van der Waals surface area (Å²) >= 11 is 0. The van der Waals surface area contributed by atoms with Crippen LogP contribution in [0.5, 0.6) is 5.75 Å². The monoisotopic (exact) mass is 453 g/mol. The number of hydrogen-bond acceptors (Lipinski definition) is 8. The molecule has 2 aromatic rings. The largest absolute Gasteiger partial charge is 0.497 e. The molecule has 0 aliphatic carbocycles. The van der Waals surface area contributed by atoms with E-state index in [2.05, 4.69) is 25.8 Å². The highest BCUT2D eigenvalue weighted by atomic mass is 16.5. The van der Waals surface area contributed by atoms with Crippen LogP contribution >= 0.6 is 0 Å². The molecular formula is C24H35N7O2. The van der Waals surface area contributed by atoms with E-state index in [0.717, 1.165) is 63.1 Å². The molecular weight excluding hydrogens is 418 g/mol. The Bertz CT molecular complexity index is 915. The van der Waals surface area contributed by atoms with E-state index >= 15 is 0 Å². The van der Waals surface area contributed by atoms with Crippen molar-refractivity contribution in [2.45, 2.75) is 64.0 Å². The molecule has 178 valence electrons. The zero-order valence-electron chi connectivity index (χ0n) is 19.5. The van der Waals surface area contributed by atoms with E-state index in [9.17, 15) is 4.79 Å². The predicted molar refractivity (Wildman–Crippen MR) is 130 cm³/mol. The van der Waals surface area contributed by atoms with Gasteiger partial charge in [-0.05, 0) is 49.8 Å². The van der Waals surface area contributed by atoms with Crippen LogP contribution < -0.4 is 25.6 Å². The fourth-order valence-corrected chi connectivity index (χ4v) is 4.29. The highest BCUT2D eigenvalue weighted by molar-refractivity contribution is 5.84. The number of hydrogen-bond donors (Lipinski definition) is 3. The molecule has 33 heavy (non-hydrogen) atoms. The van der Waals surface area contributed by atoms with Crippen LogP contribution in [0.3, 0.4) is 0 Å². The third-order valence-corrected chi connectivity index (χ3v) is 6.19. The predicted octanol–water partition coefficient (Wildman–Crippen LogP) is 3.34. The van der Waals surface area contributed by atoms with Crippen LogP contribution in [0.4, 0.5) is 17.8 Å². The standard InChI is InChI=1S/C24H35N7O2/c1-33-19-11-9-10-18(16-19)17-26-22-28-23(27-20-12-5-6-13-25-21(20)32)30-24(29-22)31-14-7-3-2-4-8-15-31/h9-11,16,20H,2-8,12-15,17H2,1H3,(H,25,32)(H2,26,27,28,29,30). The first-order chi connectivity index (χ1) is 16.2. The molecule has 0 spiro atoms. The lowest BCUT2D eigenvalue weighted by atomic mass is 10.1. The van der Waals surface area contributed by atoms with Gasteiger partial charge >= 0.3 is 0 Å². The smallest absolute Gasteiger partial charge is 0.242 e. The lowest BCUT2D eigenvalue weighted by molar-refractivity contribution is -0.121. The summed E-state index contributed by atoms with van der Waals surface area (Å²) in [6.45, 7) is 3.15. The van der Waals surface area contributed by atoms with E-state index in [1.54, 1.807) is 7.11 Å². The molecule has 2 aliphatic rings. The third-order valence-electron chi connectivity index (χ3n) is 6.19. The summed E-state index contributed by atoms with van der Waals surface area (Å²) < 4.78 is 5.33. The molecule has 9 nitrogen and oxygen atoms in total. The maximum absolute atomic E-state index is 12.5. The second-order valence-corrected chi connectivity index (χ2v) is 8.73. The molecule has 0 radical (unpaired) electrons. The Morgan fingerprint density at radius 2 is 1.82 bits per heavy atom.